The average molecular weight is 476 g/mol. The number of nitro groups is 1. The Morgan fingerprint density at radius 1 is 1.22 bits per heavy atom. The minimum absolute atomic E-state index is 0.0749. The second-order valence-corrected chi connectivity index (χ2v) is 9.82. The van der Waals surface area contributed by atoms with Gasteiger partial charge >= 0.3 is 0 Å². The maximum absolute atomic E-state index is 13.1. The summed E-state index contributed by atoms with van der Waals surface area (Å²) in [6.07, 6.45) is 1.09. The monoisotopic (exact) mass is 475 g/mol. The molecule has 10 nitrogen and oxygen atoms in total. The number of nitrogens with one attached hydrogen (secondary N) is 1. The van der Waals surface area contributed by atoms with Crippen molar-refractivity contribution in [2.45, 2.75) is 26.3 Å². The number of nitro benzene ring substituents is 1. The Kier molecular flexibility index (Phi) is 6.84. The maximum Gasteiger partial charge on any atom is 0.271 e. The van der Waals surface area contributed by atoms with Crippen LogP contribution in [0.15, 0.2) is 48.5 Å². The van der Waals surface area contributed by atoms with Crippen LogP contribution in [0.3, 0.4) is 0 Å². The fraction of sp³-hybridized carbons (Fsp3) is 0.250. The lowest BCUT2D eigenvalue weighted by Gasteiger charge is -2.30. The Morgan fingerprint density at radius 3 is 2.50 bits per heavy atom. The lowest BCUT2D eigenvalue weighted by molar-refractivity contribution is -0.384. The van der Waals surface area contributed by atoms with Crippen LogP contribution in [-0.4, -0.2) is 41.7 Å². The van der Waals surface area contributed by atoms with Gasteiger partial charge < -0.3 is 0 Å². The molecule has 32 heavy (non-hydrogen) atoms. The van der Waals surface area contributed by atoms with E-state index in [9.17, 15) is 23.3 Å². The molecule has 0 spiro atoms. The molecular weight excluding hydrogens is 454 g/mol. The molecule has 12 heteroatoms. The summed E-state index contributed by atoms with van der Waals surface area (Å²) in [6.45, 7) is 3.28. The van der Waals surface area contributed by atoms with Crippen molar-refractivity contribution in [2.75, 3.05) is 15.9 Å². The van der Waals surface area contributed by atoms with Crippen molar-refractivity contribution in [3.63, 3.8) is 0 Å². The van der Waals surface area contributed by atoms with Gasteiger partial charge in [0.2, 0.25) is 21.1 Å². The molecule has 0 unspecified atom stereocenters. The molecule has 1 heterocycles. The van der Waals surface area contributed by atoms with E-state index < -0.39 is 26.9 Å². The second kappa shape index (κ2) is 9.40. The highest BCUT2D eigenvalue weighted by atomic mass is 32.2. The van der Waals surface area contributed by atoms with Crippen LogP contribution >= 0.6 is 11.3 Å². The van der Waals surface area contributed by atoms with Crippen LogP contribution in [0.5, 0.6) is 0 Å². The van der Waals surface area contributed by atoms with Crippen molar-refractivity contribution in [2.24, 2.45) is 0 Å². The van der Waals surface area contributed by atoms with Crippen molar-refractivity contribution in [3.8, 4) is 10.6 Å². The Morgan fingerprint density at radius 2 is 1.91 bits per heavy atom. The normalized spacial score (nSPS) is 12.2. The second-order valence-electron chi connectivity index (χ2n) is 6.98. The summed E-state index contributed by atoms with van der Waals surface area (Å²) in [5.41, 5.74) is 1.12. The van der Waals surface area contributed by atoms with E-state index in [1.807, 2.05) is 30.3 Å². The van der Waals surface area contributed by atoms with Gasteiger partial charge in [0.15, 0.2) is 0 Å². The Balaban J connectivity index is 1.94. The smallest absolute Gasteiger partial charge is 0.271 e. The summed E-state index contributed by atoms with van der Waals surface area (Å²) >= 11 is 1.16. The maximum atomic E-state index is 13.1. The highest BCUT2D eigenvalue weighted by Crippen LogP contribution is 2.31. The Labute approximate surface area is 189 Å². The number of rotatable bonds is 8. The van der Waals surface area contributed by atoms with Crippen LogP contribution in [0.4, 0.5) is 16.5 Å². The molecule has 2 aromatic carbocycles. The topological polar surface area (TPSA) is 135 Å². The molecule has 0 fully saturated rings. The molecule has 1 N–H and O–H groups in total. The van der Waals surface area contributed by atoms with Gasteiger partial charge in [-0.1, -0.05) is 54.7 Å². The first-order valence-corrected chi connectivity index (χ1v) is 12.2. The van der Waals surface area contributed by atoms with Crippen molar-refractivity contribution in [1.29, 1.82) is 0 Å². The van der Waals surface area contributed by atoms with E-state index in [-0.39, 0.29) is 22.9 Å². The quantitative estimate of drug-likeness (QED) is 0.388. The number of nitrogens with zero attached hydrogens (tertiary/aromatic N) is 4. The summed E-state index contributed by atoms with van der Waals surface area (Å²) in [5, 5.41) is 22.7. The van der Waals surface area contributed by atoms with Gasteiger partial charge in [0.05, 0.1) is 16.9 Å². The number of carbonyl (C=O) groups excluding carboxylic acids is 1. The van der Waals surface area contributed by atoms with Gasteiger partial charge in [-0.15, -0.1) is 10.2 Å². The molecule has 1 atom stereocenters. The minimum atomic E-state index is -3.95. The average Bonchev–Trinajstić information content (AvgIpc) is 3.20. The highest BCUT2D eigenvalue weighted by Gasteiger charge is 2.33. The Hall–Kier alpha value is -3.38. The summed E-state index contributed by atoms with van der Waals surface area (Å²) in [5.74, 6) is -0.611. The zero-order valence-electron chi connectivity index (χ0n) is 17.5. The third-order valence-corrected chi connectivity index (χ3v) is 6.70. The molecule has 0 radical (unpaired) electrons. The molecule has 0 bridgehead atoms. The van der Waals surface area contributed by atoms with Crippen molar-refractivity contribution < 1.29 is 18.1 Å². The number of benzene rings is 2. The largest absolute Gasteiger partial charge is 0.299 e. The molecule has 3 aromatic rings. The van der Waals surface area contributed by atoms with Crippen LogP contribution in [-0.2, 0) is 14.8 Å². The first-order valence-electron chi connectivity index (χ1n) is 9.56. The highest BCUT2D eigenvalue weighted by molar-refractivity contribution is 7.92. The van der Waals surface area contributed by atoms with Gasteiger partial charge in [-0.05, 0) is 18.9 Å². The van der Waals surface area contributed by atoms with E-state index in [1.54, 1.807) is 13.8 Å². The molecule has 0 aliphatic rings. The number of amides is 1. The van der Waals surface area contributed by atoms with Gasteiger partial charge in [-0.2, -0.15) is 0 Å². The fourth-order valence-electron chi connectivity index (χ4n) is 3.14. The number of carbonyl (C=O) groups is 1. The number of hydrogen-bond donors (Lipinski definition) is 1. The minimum Gasteiger partial charge on any atom is -0.299 e. The summed E-state index contributed by atoms with van der Waals surface area (Å²) in [4.78, 5) is 23.7. The van der Waals surface area contributed by atoms with E-state index >= 15 is 0 Å². The predicted octanol–water partition coefficient (Wildman–Crippen LogP) is 3.61. The lowest BCUT2D eigenvalue weighted by Crippen LogP contribution is -2.47. The van der Waals surface area contributed by atoms with Crippen molar-refractivity contribution in [3.05, 3.63) is 64.2 Å². The van der Waals surface area contributed by atoms with E-state index in [0.717, 1.165) is 33.5 Å². The molecule has 168 valence electrons. The van der Waals surface area contributed by atoms with Gasteiger partial charge in [0.25, 0.3) is 5.69 Å². The van der Waals surface area contributed by atoms with Crippen LogP contribution in [0.2, 0.25) is 0 Å². The molecule has 0 aliphatic heterocycles. The zero-order valence-corrected chi connectivity index (χ0v) is 19.2. The molecule has 1 amide bonds. The van der Waals surface area contributed by atoms with Crippen LogP contribution in [0.25, 0.3) is 10.6 Å². The van der Waals surface area contributed by atoms with Gasteiger partial charge in [-0.3, -0.25) is 24.5 Å². The van der Waals surface area contributed by atoms with Gasteiger partial charge in [0.1, 0.15) is 11.0 Å². The standard InChI is InChI=1S/C20H21N5O5S2/c1-4-16(18(26)21-20-23-22-19(31-20)14-8-6-5-7-9-14)24(32(3,29)30)17-12-15(25(27)28)11-10-13(17)2/h5-12,16H,4H2,1-3H3,(H,21,23,26)/t16-/m0/s1. The van der Waals surface area contributed by atoms with Crippen LogP contribution in [0.1, 0.15) is 18.9 Å². The van der Waals surface area contributed by atoms with Crippen molar-refractivity contribution >= 4 is 43.8 Å². The van der Waals surface area contributed by atoms with Gasteiger partial charge in [0, 0.05) is 17.7 Å². The third kappa shape index (κ3) is 5.08. The summed E-state index contributed by atoms with van der Waals surface area (Å²) < 4.78 is 26.2. The number of aromatic nitrogens is 2. The summed E-state index contributed by atoms with van der Waals surface area (Å²) in [6, 6.07) is 12.0. The first-order chi connectivity index (χ1) is 15.1. The molecule has 0 saturated carbocycles. The van der Waals surface area contributed by atoms with Crippen molar-refractivity contribution in [1.82, 2.24) is 10.2 Å². The summed E-state index contributed by atoms with van der Waals surface area (Å²) in [7, 11) is -3.95. The lowest BCUT2D eigenvalue weighted by atomic mass is 10.1. The van der Waals surface area contributed by atoms with E-state index in [4.69, 9.17) is 0 Å². The number of aryl methyl sites for hydroxylation is 1. The third-order valence-electron chi connectivity index (χ3n) is 4.65. The molecule has 1 aromatic heterocycles. The van der Waals surface area contributed by atoms with Crippen LogP contribution < -0.4 is 9.62 Å². The van der Waals surface area contributed by atoms with E-state index in [1.165, 1.54) is 12.1 Å². The van der Waals surface area contributed by atoms with Crippen LogP contribution in [0, 0.1) is 17.0 Å². The molecule has 0 saturated heterocycles. The Bertz CT molecular complexity index is 1240. The number of non-ortho nitro benzene ring substituents is 1. The molecule has 3 rings (SSSR count). The molecular formula is C20H21N5O5S2. The zero-order chi connectivity index (χ0) is 23.5. The number of anilines is 2. The SMILES string of the molecule is CC[C@@H](C(=O)Nc1nnc(-c2ccccc2)s1)N(c1cc([N+](=O)[O-])ccc1C)S(C)(=O)=O. The molecule has 0 aliphatic carbocycles. The predicted molar refractivity (Wildman–Crippen MR) is 123 cm³/mol. The number of hydrogen-bond acceptors (Lipinski definition) is 8. The van der Waals surface area contributed by atoms with Gasteiger partial charge in [-0.25, -0.2) is 8.42 Å². The van der Waals surface area contributed by atoms with E-state index in [0.29, 0.717) is 10.6 Å². The fourth-order valence-corrected chi connectivity index (χ4v) is 5.16. The first kappa shape index (κ1) is 23.3. The number of sulfonamides is 1. The van der Waals surface area contributed by atoms with E-state index in [2.05, 4.69) is 15.5 Å².